The van der Waals surface area contributed by atoms with Gasteiger partial charge in [-0.2, -0.15) is 0 Å². The van der Waals surface area contributed by atoms with Gasteiger partial charge in [-0.15, -0.1) is 0 Å². The van der Waals surface area contributed by atoms with Gasteiger partial charge >= 0.3 is 0 Å². The molecule has 1 spiro atoms. The van der Waals surface area contributed by atoms with Crippen LogP contribution in [0.4, 0.5) is 5.69 Å². The first-order valence-corrected chi connectivity index (χ1v) is 9.91. The highest BCUT2D eigenvalue weighted by molar-refractivity contribution is 6.11. The van der Waals surface area contributed by atoms with Gasteiger partial charge in [-0.1, -0.05) is 50.2 Å². The number of benzene rings is 2. The van der Waals surface area contributed by atoms with E-state index in [1.54, 1.807) is 4.90 Å². The van der Waals surface area contributed by atoms with Crippen LogP contribution in [0.15, 0.2) is 48.5 Å². The molecular weight excluding hydrogens is 350 g/mol. The maximum absolute atomic E-state index is 13.5. The Labute approximate surface area is 163 Å². The molecular formula is C23H23N3O2. The van der Waals surface area contributed by atoms with Crippen LogP contribution in [-0.2, 0) is 21.5 Å². The molecule has 2 amide bonds. The molecule has 3 aromatic rings. The summed E-state index contributed by atoms with van der Waals surface area (Å²) in [6.45, 7) is 4.48. The van der Waals surface area contributed by atoms with E-state index in [-0.39, 0.29) is 17.7 Å². The molecule has 28 heavy (non-hydrogen) atoms. The molecule has 0 saturated heterocycles. The van der Waals surface area contributed by atoms with Crippen molar-refractivity contribution < 1.29 is 9.59 Å². The zero-order chi connectivity index (χ0) is 19.5. The van der Waals surface area contributed by atoms with E-state index >= 15 is 0 Å². The predicted molar refractivity (Wildman–Crippen MR) is 109 cm³/mol. The molecule has 2 atom stereocenters. The normalized spacial score (nSPS) is 21.5. The Morgan fingerprint density at radius 1 is 1.18 bits per heavy atom. The molecule has 0 radical (unpaired) electrons. The summed E-state index contributed by atoms with van der Waals surface area (Å²) in [4.78, 5) is 32.3. The highest BCUT2D eigenvalue weighted by atomic mass is 16.2. The summed E-state index contributed by atoms with van der Waals surface area (Å²) in [6.07, 6.45) is 1.48. The number of anilines is 1. The number of carbonyl (C=O) groups is 2. The average Bonchev–Trinajstić information content (AvgIpc) is 3.24. The van der Waals surface area contributed by atoms with Crippen LogP contribution in [0.3, 0.4) is 0 Å². The van der Waals surface area contributed by atoms with Crippen LogP contribution < -0.4 is 5.32 Å². The fraction of sp³-hybridized carbons (Fsp3) is 0.304. The molecule has 5 heteroatoms. The number of fused-ring (bicyclic) bond motifs is 6. The van der Waals surface area contributed by atoms with Gasteiger partial charge in [0, 0.05) is 34.6 Å². The number of nitrogens with one attached hydrogen (secondary N) is 2. The molecule has 2 aliphatic rings. The molecule has 0 fully saturated rings. The Balaban J connectivity index is 1.84. The first kappa shape index (κ1) is 17.0. The fourth-order valence-corrected chi connectivity index (χ4v) is 4.77. The van der Waals surface area contributed by atoms with E-state index in [2.05, 4.69) is 16.4 Å². The Hall–Kier alpha value is -3.08. The van der Waals surface area contributed by atoms with Crippen LogP contribution in [0.5, 0.6) is 0 Å². The van der Waals surface area contributed by atoms with Gasteiger partial charge in [0.1, 0.15) is 0 Å². The van der Waals surface area contributed by atoms with Crippen LogP contribution in [-0.4, -0.2) is 28.2 Å². The number of para-hydroxylation sites is 2. The maximum Gasteiger partial charge on any atom is 0.261 e. The Morgan fingerprint density at radius 2 is 1.93 bits per heavy atom. The van der Waals surface area contributed by atoms with Crippen molar-refractivity contribution in [2.24, 2.45) is 5.92 Å². The third-order valence-corrected chi connectivity index (χ3v) is 6.36. The zero-order valence-corrected chi connectivity index (χ0v) is 16.1. The van der Waals surface area contributed by atoms with Gasteiger partial charge in [0.2, 0.25) is 5.91 Å². The summed E-state index contributed by atoms with van der Waals surface area (Å²) in [6, 6.07) is 15.8. The molecule has 0 aliphatic carbocycles. The standard InChI is InChI=1S/C23H23N3O2/c1-3-14(2)21(27)26-13-12-16-15-8-4-6-10-18(15)24-20(16)23(26)17-9-5-7-11-19(17)25-22(23)28/h4-11,14,24H,3,12-13H2,1-2H3,(H,25,28)/t14-,23-/m1/s1. The van der Waals surface area contributed by atoms with Crippen LogP contribution in [0.25, 0.3) is 10.9 Å². The highest BCUT2D eigenvalue weighted by Gasteiger charge is 2.58. The van der Waals surface area contributed by atoms with Crippen LogP contribution in [0.2, 0.25) is 0 Å². The summed E-state index contributed by atoms with van der Waals surface area (Å²) < 4.78 is 0. The van der Waals surface area contributed by atoms with Gasteiger partial charge in [0.05, 0.1) is 5.69 Å². The number of aromatic amines is 1. The first-order valence-electron chi connectivity index (χ1n) is 9.91. The van der Waals surface area contributed by atoms with E-state index in [1.165, 1.54) is 0 Å². The number of carbonyl (C=O) groups excluding carboxylic acids is 2. The lowest BCUT2D eigenvalue weighted by Crippen LogP contribution is -2.59. The number of rotatable bonds is 2. The lowest BCUT2D eigenvalue weighted by molar-refractivity contribution is -0.147. The van der Waals surface area contributed by atoms with Crippen molar-refractivity contribution in [1.29, 1.82) is 0 Å². The molecule has 0 unspecified atom stereocenters. The number of aromatic nitrogens is 1. The van der Waals surface area contributed by atoms with Gasteiger partial charge in [-0.3, -0.25) is 9.59 Å². The molecule has 0 bridgehead atoms. The SMILES string of the molecule is CC[C@@H](C)C(=O)N1CCc2c([nH]c3ccccc23)[C@]12C(=O)Nc1ccccc12. The number of hydrogen-bond donors (Lipinski definition) is 2. The third kappa shape index (κ3) is 2.02. The van der Waals surface area contributed by atoms with Crippen molar-refractivity contribution in [3.63, 3.8) is 0 Å². The molecule has 1 aromatic heterocycles. The van der Waals surface area contributed by atoms with Crippen molar-refractivity contribution in [1.82, 2.24) is 9.88 Å². The van der Waals surface area contributed by atoms with E-state index in [4.69, 9.17) is 0 Å². The topological polar surface area (TPSA) is 65.2 Å². The molecule has 5 nitrogen and oxygen atoms in total. The number of H-pyrrole nitrogens is 1. The van der Waals surface area contributed by atoms with Crippen LogP contribution >= 0.6 is 0 Å². The molecule has 5 rings (SSSR count). The largest absolute Gasteiger partial charge is 0.355 e. The predicted octanol–water partition coefficient (Wildman–Crippen LogP) is 3.79. The lowest BCUT2D eigenvalue weighted by Gasteiger charge is -2.44. The monoisotopic (exact) mass is 373 g/mol. The zero-order valence-electron chi connectivity index (χ0n) is 16.1. The minimum atomic E-state index is -1.14. The molecule has 2 N–H and O–H groups in total. The second-order valence-electron chi connectivity index (χ2n) is 7.78. The molecule has 0 saturated carbocycles. The van der Waals surface area contributed by atoms with E-state index in [1.807, 2.05) is 56.3 Å². The quantitative estimate of drug-likeness (QED) is 0.718. The Bertz CT molecular complexity index is 1120. The summed E-state index contributed by atoms with van der Waals surface area (Å²) in [5, 5.41) is 4.16. The first-order chi connectivity index (χ1) is 13.6. The Kier molecular flexibility index (Phi) is 3.63. The minimum Gasteiger partial charge on any atom is -0.355 e. The van der Waals surface area contributed by atoms with Gasteiger partial charge in [0.15, 0.2) is 5.54 Å². The number of amides is 2. The second-order valence-corrected chi connectivity index (χ2v) is 7.78. The summed E-state index contributed by atoms with van der Waals surface area (Å²) in [7, 11) is 0. The minimum absolute atomic E-state index is 0.0265. The third-order valence-electron chi connectivity index (χ3n) is 6.36. The molecule has 142 valence electrons. The smallest absolute Gasteiger partial charge is 0.261 e. The maximum atomic E-state index is 13.5. The summed E-state index contributed by atoms with van der Waals surface area (Å²) >= 11 is 0. The van der Waals surface area contributed by atoms with Gasteiger partial charge in [-0.05, 0) is 30.5 Å². The van der Waals surface area contributed by atoms with Crippen molar-refractivity contribution in [3.05, 3.63) is 65.4 Å². The van der Waals surface area contributed by atoms with E-state index in [0.29, 0.717) is 6.54 Å². The second kappa shape index (κ2) is 5.96. The van der Waals surface area contributed by atoms with Gasteiger partial charge < -0.3 is 15.2 Å². The molecule has 2 aromatic carbocycles. The van der Waals surface area contributed by atoms with Crippen molar-refractivity contribution in [2.45, 2.75) is 32.2 Å². The van der Waals surface area contributed by atoms with Gasteiger partial charge in [-0.25, -0.2) is 0 Å². The van der Waals surface area contributed by atoms with Crippen LogP contribution in [0, 0.1) is 5.92 Å². The van der Waals surface area contributed by atoms with Crippen LogP contribution in [0.1, 0.15) is 37.1 Å². The highest BCUT2D eigenvalue weighted by Crippen LogP contribution is 2.50. The van der Waals surface area contributed by atoms with Crippen molar-refractivity contribution in [2.75, 3.05) is 11.9 Å². The average molecular weight is 373 g/mol. The van der Waals surface area contributed by atoms with Crippen molar-refractivity contribution >= 4 is 28.4 Å². The lowest BCUT2D eigenvalue weighted by atomic mass is 9.79. The molecule has 2 aliphatic heterocycles. The summed E-state index contributed by atoms with van der Waals surface area (Å²) in [5.74, 6) is -0.264. The van der Waals surface area contributed by atoms with E-state index in [0.717, 1.165) is 46.3 Å². The van der Waals surface area contributed by atoms with Gasteiger partial charge in [0.25, 0.3) is 5.91 Å². The molecule has 3 heterocycles. The number of nitrogens with zero attached hydrogens (tertiary/aromatic N) is 1. The van der Waals surface area contributed by atoms with E-state index in [9.17, 15) is 9.59 Å². The Morgan fingerprint density at radius 3 is 2.75 bits per heavy atom. The summed E-state index contributed by atoms with van der Waals surface area (Å²) in [5.41, 5.74) is 3.46. The fourth-order valence-electron chi connectivity index (χ4n) is 4.77. The van der Waals surface area contributed by atoms with Crippen molar-refractivity contribution in [3.8, 4) is 0 Å². The van der Waals surface area contributed by atoms with E-state index < -0.39 is 5.54 Å². The number of hydrogen-bond acceptors (Lipinski definition) is 2.